The van der Waals surface area contributed by atoms with Crippen molar-refractivity contribution in [2.75, 3.05) is 5.32 Å². The molecule has 0 aliphatic heterocycles. The molecule has 0 amide bonds. The minimum atomic E-state index is -0.498. The van der Waals surface area contributed by atoms with E-state index in [1.54, 1.807) is 16.8 Å². The van der Waals surface area contributed by atoms with Crippen molar-refractivity contribution in [2.24, 2.45) is 4.99 Å². The molecule has 1 fully saturated rings. The Labute approximate surface area is 169 Å². The zero-order chi connectivity index (χ0) is 20.7. The van der Waals surface area contributed by atoms with Gasteiger partial charge in [0.2, 0.25) is 11.8 Å². The molecule has 0 atom stereocenters. The highest BCUT2D eigenvalue weighted by atomic mass is 16.3. The van der Waals surface area contributed by atoms with Crippen molar-refractivity contribution >= 4 is 17.7 Å². The molecule has 11 heteroatoms. The van der Waals surface area contributed by atoms with E-state index in [4.69, 9.17) is 0 Å². The van der Waals surface area contributed by atoms with Gasteiger partial charge in [-0.05, 0) is 38.0 Å². The molecule has 11 nitrogen and oxygen atoms in total. The second-order valence-corrected chi connectivity index (χ2v) is 7.15. The molecule has 1 aliphatic rings. The second-order valence-electron chi connectivity index (χ2n) is 7.15. The molecule has 5 rings (SSSR count). The average Bonchev–Trinajstić information content (AvgIpc) is 3.35. The average molecular weight is 405 g/mol. The van der Waals surface area contributed by atoms with E-state index in [9.17, 15) is 9.90 Å². The fourth-order valence-corrected chi connectivity index (χ4v) is 3.03. The molecule has 4 aromatic rings. The van der Waals surface area contributed by atoms with Crippen molar-refractivity contribution in [1.29, 1.82) is 0 Å². The number of H-pyrrole nitrogens is 2. The summed E-state index contributed by atoms with van der Waals surface area (Å²) in [4.78, 5) is 34.4. The van der Waals surface area contributed by atoms with E-state index in [0.717, 1.165) is 24.2 Å². The number of anilines is 1. The third-order valence-electron chi connectivity index (χ3n) is 4.63. The lowest BCUT2D eigenvalue weighted by atomic mass is 10.3. The number of imidazole rings is 1. The smallest absolute Gasteiger partial charge is 0.326 e. The molecule has 0 radical (unpaired) electrons. The van der Waals surface area contributed by atoms with Crippen LogP contribution < -0.4 is 21.8 Å². The Bertz CT molecular complexity index is 1410. The lowest BCUT2D eigenvalue weighted by Crippen LogP contribution is -2.24. The first-order valence-electron chi connectivity index (χ1n) is 9.54. The van der Waals surface area contributed by atoms with Gasteiger partial charge in [-0.2, -0.15) is 19.6 Å². The summed E-state index contributed by atoms with van der Waals surface area (Å²) in [5.74, 6) is 0.146. The molecule has 0 saturated heterocycles. The largest absolute Gasteiger partial charge is 0.493 e. The lowest BCUT2D eigenvalue weighted by Gasteiger charge is -2.05. The van der Waals surface area contributed by atoms with Gasteiger partial charge in [0.1, 0.15) is 5.69 Å². The molecule has 1 aliphatic carbocycles. The Morgan fingerprint density at radius 1 is 1.30 bits per heavy atom. The van der Waals surface area contributed by atoms with Crippen LogP contribution in [0.25, 0.3) is 11.7 Å². The van der Waals surface area contributed by atoms with Gasteiger partial charge in [-0.3, -0.25) is 9.97 Å². The number of nitrogens with zero attached hydrogens (tertiary/aromatic N) is 6. The van der Waals surface area contributed by atoms with E-state index in [-0.39, 0.29) is 17.6 Å². The van der Waals surface area contributed by atoms with E-state index in [1.807, 2.05) is 25.1 Å². The number of rotatable bonds is 5. The van der Waals surface area contributed by atoms with Gasteiger partial charge in [-0.15, -0.1) is 0 Å². The number of aryl methyl sites for hydroxylation is 1. The molecule has 152 valence electrons. The Morgan fingerprint density at radius 2 is 2.17 bits per heavy atom. The zero-order valence-electron chi connectivity index (χ0n) is 16.1. The third kappa shape index (κ3) is 3.64. The summed E-state index contributed by atoms with van der Waals surface area (Å²) < 4.78 is 1.56. The van der Waals surface area contributed by atoms with Gasteiger partial charge in [-0.1, -0.05) is 6.07 Å². The van der Waals surface area contributed by atoms with E-state index in [1.165, 1.54) is 0 Å². The highest BCUT2D eigenvalue weighted by molar-refractivity contribution is 5.57. The molecule has 4 heterocycles. The van der Waals surface area contributed by atoms with Gasteiger partial charge < -0.3 is 15.4 Å². The summed E-state index contributed by atoms with van der Waals surface area (Å²) in [6, 6.07) is 6.06. The monoisotopic (exact) mass is 405 g/mol. The minimum Gasteiger partial charge on any atom is -0.493 e. The number of fused-ring (bicyclic) bond motifs is 1. The zero-order valence-corrected chi connectivity index (χ0v) is 16.1. The van der Waals surface area contributed by atoms with E-state index >= 15 is 0 Å². The van der Waals surface area contributed by atoms with Crippen LogP contribution >= 0.6 is 0 Å². The summed E-state index contributed by atoms with van der Waals surface area (Å²) in [6.07, 6.45) is 5.24. The van der Waals surface area contributed by atoms with Gasteiger partial charge in [-0.25, -0.2) is 9.79 Å². The topological polar surface area (TPSA) is 149 Å². The molecule has 4 N–H and O–H groups in total. The predicted molar refractivity (Wildman–Crippen MR) is 108 cm³/mol. The van der Waals surface area contributed by atoms with Crippen LogP contribution in [0, 0.1) is 6.92 Å². The highest BCUT2D eigenvalue weighted by Crippen LogP contribution is 2.22. The van der Waals surface area contributed by atoms with Gasteiger partial charge in [0.15, 0.2) is 5.65 Å². The molecule has 0 unspecified atom stereocenters. The first kappa shape index (κ1) is 18.0. The Morgan fingerprint density at radius 3 is 2.90 bits per heavy atom. The Balaban J connectivity index is 1.59. The van der Waals surface area contributed by atoms with E-state index < -0.39 is 5.69 Å². The second kappa shape index (κ2) is 7.10. The van der Waals surface area contributed by atoms with E-state index in [0.29, 0.717) is 29.0 Å². The van der Waals surface area contributed by atoms with Crippen LogP contribution in [0.1, 0.15) is 29.9 Å². The van der Waals surface area contributed by atoms with Crippen LogP contribution in [0.2, 0.25) is 0 Å². The number of aromatic nitrogens is 7. The molecular weight excluding hydrogens is 386 g/mol. The van der Waals surface area contributed by atoms with Crippen LogP contribution in [0.15, 0.2) is 34.2 Å². The van der Waals surface area contributed by atoms with Crippen molar-refractivity contribution in [2.45, 2.75) is 32.4 Å². The first-order chi connectivity index (χ1) is 14.5. The number of hydrogen-bond acceptors (Lipinski definition) is 8. The SMILES string of the molecule is Cc1cccc(CNc2nc(=NC3CC3)n3ncc(=Cc4[nH]c(=O)[nH]c4O)c3n2)n1. The molecule has 0 aromatic carbocycles. The normalized spacial score (nSPS) is 15.2. The highest BCUT2D eigenvalue weighted by Gasteiger charge is 2.21. The fraction of sp³-hybridized carbons (Fsp3) is 0.263. The van der Waals surface area contributed by atoms with Crippen molar-refractivity contribution in [1.82, 2.24) is 34.5 Å². The van der Waals surface area contributed by atoms with Crippen LogP contribution in [0.3, 0.4) is 0 Å². The molecule has 1 saturated carbocycles. The predicted octanol–water partition coefficient (Wildman–Crippen LogP) is -0.227. The van der Waals surface area contributed by atoms with Crippen molar-refractivity contribution in [3.8, 4) is 5.88 Å². The molecule has 30 heavy (non-hydrogen) atoms. The number of pyridine rings is 1. The van der Waals surface area contributed by atoms with Gasteiger partial charge >= 0.3 is 5.69 Å². The van der Waals surface area contributed by atoms with Crippen LogP contribution in [-0.2, 0) is 6.54 Å². The molecule has 0 bridgehead atoms. The number of hydrogen-bond donors (Lipinski definition) is 4. The maximum absolute atomic E-state index is 11.4. The maximum atomic E-state index is 11.4. The summed E-state index contributed by atoms with van der Waals surface area (Å²) in [6.45, 7) is 2.40. The lowest BCUT2D eigenvalue weighted by molar-refractivity contribution is 0.454. The van der Waals surface area contributed by atoms with Crippen LogP contribution in [0.4, 0.5) is 5.95 Å². The summed E-state index contributed by atoms with van der Waals surface area (Å²) in [7, 11) is 0. The summed E-state index contributed by atoms with van der Waals surface area (Å²) >= 11 is 0. The number of aromatic hydroxyl groups is 1. The molecule has 4 aromatic heterocycles. The van der Waals surface area contributed by atoms with Crippen molar-refractivity contribution < 1.29 is 5.11 Å². The van der Waals surface area contributed by atoms with Crippen molar-refractivity contribution in [3.05, 3.63) is 62.8 Å². The Hall–Kier alpha value is -4.02. The number of nitrogens with one attached hydrogen (secondary N) is 3. The standard InChI is InChI=1S/C19H19N9O2/c1-10-3-2-4-13(22-10)9-20-17-25-15-11(7-14-16(29)26-19(30)24-14)8-21-28(15)18(27-17)23-12-5-6-12/h2-4,7-8,12,29H,5-6,9H2,1H3,(H,20,23,27)(H2,24,26,30). The first-order valence-corrected chi connectivity index (χ1v) is 9.54. The fourth-order valence-electron chi connectivity index (χ4n) is 3.03. The van der Waals surface area contributed by atoms with Gasteiger partial charge in [0.05, 0.1) is 24.5 Å². The van der Waals surface area contributed by atoms with Crippen molar-refractivity contribution in [3.63, 3.8) is 0 Å². The van der Waals surface area contributed by atoms with Crippen LogP contribution in [-0.4, -0.2) is 45.7 Å². The summed E-state index contributed by atoms with van der Waals surface area (Å²) in [5.41, 5.74) is 2.51. The summed E-state index contributed by atoms with van der Waals surface area (Å²) in [5, 5.41) is 18.0. The Kier molecular flexibility index (Phi) is 4.27. The van der Waals surface area contributed by atoms with Gasteiger partial charge in [0.25, 0.3) is 5.62 Å². The quantitative estimate of drug-likeness (QED) is 0.358. The van der Waals surface area contributed by atoms with E-state index in [2.05, 4.69) is 40.3 Å². The van der Waals surface area contributed by atoms with Gasteiger partial charge in [0, 0.05) is 10.9 Å². The van der Waals surface area contributed by atoms with Crippen LogP contribution in [0.5, 0.6) is 5.88 Å². The third-order valence-corrected chi connectivity index (χ3v) is 4.63. The molecular formula is C19H19N9O2. The number of aromatic amines is 2. The minimum absolute atomic E-state index is 0.243. The maximum Gasteiger partial charge on any atom is 0.326 e. The molecule has 0 spiro atoms.